The van der Waals surface area contributed by atoms with E-state index in [0.29, 0.717) is 25.8 Å². The molecular weight excluding hydrogens is 304 g/mol. The molecule has 0 saturated carbocycles. The average molecular weight is 326 g/mol. The van der Waals surface area contributed by atoms with E-state index in [2.05, 4.69) is 10.6 Å². The zero-order chi connectivity index (χ0) is 17.0. The summed E-state index contributed by atoms with van der Waals surface area (Å²) in [6.07, 6.45) is 2.11. The highest BCUT2D eigenvalue weighted by atomic mass is 16.4. The summed E-state index contributed by atoms with van der Waals surface area (Å²) in [5.74, 6) is -2.75. The molecule has 3 amide bonds. The number of nitrogens with one attached hydrogen (secondary N) is 2. The van der Waals surface area contributed by atoms with Crippen LogP contribution in [0.4, 0.5) is 0 Å². The maximum absolute atomic E-state index is 12.6. The molecule has 2 rings (SSSR count). The number of primary amides is 1. The van der Waals surface area contributed by atoms with Gasteiger partial charge in [-0.15, -0.1) is 0 Å². The first-order valence-electron chi connectivity index (χ1n) is 7.75. The Bertz CT molecular complexity index is 503. The molecular formula is C14H22N4O5. The van der Waals surface area contributed by atoms with Gasteiger partial charge in [0.25, 0.3) is 0 Å². The monoisotopic (exact) mass is 326 g/mol. The molecule has 0 aliphatic carbocycles. The summed E-state index contributed by atoms with van der Waals surface area (Å²) in [6.45, 7) is 1.02. The fraction of sp³-hybridized carbons (Fsp3) is 0.714. The average Bonchev–Trinajstić information content (AvgIpc) is 3.16. The summed E-state index contributed by atoms with van der Waals surface area (Å²) in [5, 5.41) is 14.7. The Morgan fingerprint density at radius 1 is 1.26 bits per heavy atom. The lowest BCUT2D eigenvalue weighted by atomic mass is 10.1. The minimum atomic E-state index is -1.12. The van der Waals surface area contributed by atoms with Gasteiger partial charge in [0, 0.05) is 6.54 Å². The molecule has 0 aromatic rings. The second-order valence-electron chi connectivity index (χ2n) is 5.91. The van der Waals surface area contributed by atoms with E-state index in [1.165, 1.54) is 4.90 Å². The van der Waals surface area contributed by atoms with Gasteiger partial charge in [0.15, 0.2) is 0 Å². The van der Waals surface area contributed by atoms with E-state index in [1.54, 1.807) is 0 Å². The molecule has 2 heterocycles. The van der Waals surface area contributed by atoms with Crippen molar-refractivity contribution < 1.29 is 24.3 Å². The number of carbonyl (C=O) groups is 4. The first-order valence-corrected chi connectivity index (χ1v) is 7.75. The molecule has 9 heteroatoms. The van der Waals surface area contributed by atoms with Crippen molar-refractivity contribution in [2.24, 2.45) is 5.73 Å². The Morgan fingerprint density at radius 2 is 2.00 bits per heavy atom. The lowest BCUT2D eigenvalue weighted by Gasteiger charge is -2.27. The second-order valence-corrected chi connectivity index (χ2v) is 5.91. The van der Waals surface area contributed by atoms with Crippen LogP contribution < -0.4 is 16.4 Å². The first kappa shape index (κ1) is 17.2. The number of nitrogens with zero attached hydrogens (tertiary/aromatic N) is 1. The Kier molecular flexibility index (Phi) is 5.54. The van der Waals surface area contributed by atoms with Crippen molar-refractivity contribution in [2.45, 2.75) is 50.2 Å². The van der Waals surface area contributed by atoms with E-state index in [9.17, 15) is 19.2 Å². The number of amides is 3. The molecule has 2 saturated heterocycles. The van der Waals surface area contributed by atoms with Gasteiger partial charge in [0.2, 0.25) is 17.7 Å². The van der Waals surface area contributed by atoms with Gasteiger partial charge >= 0.3 is 5.97 Å². The molecule has 2 aliphatic rings. The molecule has 2 fully saturated rings. The molecule has 2 aliphatic heterocycles. The van der Waals surface area contributed by atoms with Crippen molar-refractivity contribution in [1.29, 1.82) is 0 Å². The summed E-state index contributed by atoms with van der Waals surface area (Å²) in [7, 11) is 0. The molecule has 0 unspecified atom stereocenters. The van der Waals surface area contributed by atoms with Crippen LogP contribution in [0.1, 0.15) is 32.1 Å². The number of likely N-dealkylation sites (tertiary alicyclic amines) is 1. The van der Waals surface area contributed by atoms with Gasteiger partial charge in [0.1, 0.15) is 12.1 Å². The highest BCUT2D eigenvalue weighted by Gasteiger charge is 2.38. The van der Waals surface area contributed by atoms with Crippen LogP contribution >= 0.6 is 0 Å². The topological polar surface area (TPSA) is 142 Å². The molecule has 0 radical (unpaired) electrons. The summed E-state index contributed by atoms with van der Waals surface area (Å²) >= 11 is 0. The van der Waals surface area contributed by atoms with E-state index in [1.807, 2.05) is 0 Å². The molecule has 23 heavy (non-hydrogen) atoms. The van der Waals surface area contributed by atoms with E-state index >= 15 is 0 Å². The molecule has 0 aromatic heterocycles. The molecule has 128 valence electrons. The number of carboxylic acids is 1. The third-order valence-corrected chi connectivity index (χ3v) is 4.22. The smallest absolute Gasteiger partial charge is 0.326 e. The highest BCUT2D eigenvalue weighted by Crippen LogP contribution is 2.19. The molecule has 0 bridgehead atoms. The van der Waals surface area contributed by atoms with Crippen LogP contribution in [0.5, 0.6) is 0 Å². The third kappa shape index (κ3) is 4.19. The van der Waals surface area contributed by atoms with Crippen LogP contribution in [-0.4, -0.2) is 64.9 Å². The number of aliphatic carboxylic acids is 1. The first-order chi connectivity index (χ1) is 10.9. The Balaban J connectivity index is 2.07. The predicted molar refractivity (Wildman–Crippen MR) is 79.1 cm³/mol. The summed E-state index contributed by atoms with van der Waals surface area (Å²) in [5.41, 5.74) is 5.16. The molecule has 5 N–H and O–H groups in total. The maximum atomic E-state index is 12.6. The largest absolute Gasteiger partial charge is 0.480 e. The Labute approximate surface area is 133 Å². The Morgan fingerprint density at radius 3 is 2.57 bits per heavy atom. The van der Waals surface area contributed by atoms with Crippen LogP contribution in [0.15, 0.2) is 0 Å². The standard InChI is InChI=1S/C14H22N4O5/c15-11(19)7-9(17-12(20)8-3-1-5-16-8)13(21)18-6-2-4-10(18)14(22)23/h8-10,16H,1-7H2,(H2,15,19)(H,17,20)(H,22,23)/t8-,9-,10+/m0/s1. The van der Waals surface area contributed by atoms with Gasteiger partial charge < -0.3 is 26.4 Å². The molecule has 0 spiro atoms. The third-order valence-electron chi connectivity index (χ3n) is 4.22. The number of hydrogen-bond acceptors (Lipinski definition) is 5. The van der Waals surface area contributed by atoms with E-state index in [0.717, 1.165) is 13.0 Å². The molecule has 3 atom stereocenters. The SMILES string of the molecule is NC(=O)C[C@H](NC(=O)[C@@H]1CCCN1)C(=O)N1CCC[C@@H]1C(=O)O. The van der Waals surface area contributed by atoms with Gasteiger partial charge in [0.05, 0.1) is 12.5 Å². The number of nitrogens with two attached hydrogens (primary N) is 1. The van der Waals surface area contributed by atoms with Gasteiger partial charge in [-0.3, -0.25) is 14.4 Å². The van der Waals surface area contributed by atoms with Crippen LogP contribution in [0.3, 0.4) is 0 Å². The fourth-order valence-electron chi connectivity index (χ4n) is 3.07. The quantitative estimate of drug-likeness (QED) is 0.452. The van der Waals surface area contributed by atoms with Gasteiger partial charge in [-0.1, -0.05) is 0 Å². The molecule has 0 aromatic carbocycles. The zero-order valence-corrected chi connectivity index (χ0v) is 12.8. The summed E-state index contributed by atoms with van der Waals surface area (Å²) < 4.78 is 0. The van der Waals surface area contributed by atoms with Crippen molar-refractivity contribution in [3.63, 3.8) is 0 Å². The van der Waals surface area contributed by atoms with Crippen LogP contribution in [0.2, 0.25) is 0 Å². The number of carbonyl (C=O) groups excluding carboxylic acids is 3. The summed E-state index contributed by atoms with van der Waals surface area (Å²) in [4.78, 5) is 48.4. The minimum Gasteiger partial charge on any atom is -0.480 e. The minimum absolute atomic E-state index is 0.294. The Hall–Kier alpha value is -2.16. The number of carboxylic acid groups (broad SMARTS) is 1. The van der Waals surface area contributed by atoms with Crippen LogP contribution in [0, 0.1) is 0 Å². The van der Waals surface area contributed by atoms with Gasteiger partial charge in [-0.2, -0.15) is 0 Å². The zero-order valence-electron chi connectivity index (χ0n) is 12.8. The van der Waals surface area contributed by atoms with Crippen LogP contribution in [0.25, 0.3) is 0 Å². The van der Waals surface area contributed by atoms with Crippen molar-refractivity contribution in [2.75, 3.05) is 13.1 Å². The fourth-order valence-corrected chi connectivity index (χ4v) is 3.07. The van der Waals surface area contributed by atoms with Crippen molar-refractivity contribution in [1.82, 2.24) is 15.5 Å². The van der Waals surface area contributed by atoms with Gasteiger partial charge in [-0.25, -0.2) is 4.79 Å². The van der Waals surface area contributed by atoms with E-state index in [-0.39, 0.29) is 12.3 Å². The lowest BCUT2D eigenvalue weighted by Crippen LogP contribution is -2.55. The maximum Gasteiger partial charge on any atom is 0.326 e. The van der Waals surface area contributed by atoms with Crippen molar-refractivity contribution in [3.05, 3.63) is 0 Å². The number of rotatable bonds is 6. The lowest BCUT2D eigenvalue weighted by molar-refractivity contribution is -0.149. The van der Waals surface area contributed by atoms with E-state index < -0.39 is 35.9 Å². The van der Waals surface area contributed by atoms with Crippen LogP contribution in [-0.2, 0) is 19.2 Å². The highest BCUT2D eigenvalue weighted by molar-refractivity contribution is 5.95. The van der Waals surface area contributed by atoms with Crippen molar-refractivity contribution in [3.8, 4) is 0 Å². The van der Waals surface area contributed by atoms with Gasteiger partial charge in [-0.05, 0) is 32.2 Å². The summed E-state index contributed by atoms with van der Waals surface area (Å²) in [6, 6.07) is -2.44. The second kappa shape index (κ2) is 7.40. The predicted octanol–water partition coefficient (Wildman–Crippen LogP) is -1.83. The van der Waals surface area contributed by atoms with Crippen molar-refractivity contribution >= 4 is 23.7 Å². The molecule has 9 nitrogen and oxygen atoms in total. The number of hydrogen-bond donors (Lipinski definition) is 4. The normalized spacial score (nSPS) is 25.1. The van der Waals surface area contributed by atoms with E-state index in [4.69, 9.17) is 10.8 Å².